The Morgan fingerprint density at radius 2 is 1.93 bits per heavy atom. The molecule has 0 saturated carbocycles. The van der Waals surface area contributed by atoms with Crippen LogP contribution >= 0.6 is 28.3 Å². The Balaban J connectivity index is 0.00000169. The lowest BCUT2D eigenvalue weighted by molar-refractivity contribution is 0.721. The molecule has 0 spiro atoms. The van der Waals surface area contributed by atoms with Gasteiger partial charge in [-0.1, -0.05) is 40.2 Å². The third-order valence-electron chi connectivity index (χ3n) is 2.10. The highest BCUT2D eigenvalue weighted by Gasteiger charge is 1.95. The van der Waals surface area contributed by atoms with Crippen LogP contribution in [0.1, 0.15) is 11.1 Å². The number of rotatable bonds is 5. The molecule has 3 heteroatoms. The predicted molar refractivity (Wildman–Crippen MR) is 68.8 cm³/mol. The molecule has 1 aromatic carbocycles. The summed E-state index contributed by atoms with van der Waals surface area (Å²) in [6, 6.07) is 8.56. The van der Waals surface area contributed by atoms with Gasteiger partial charge in [0.15, 0.2) is 0 Å². The van der Waals surface area contributed by atoms with Gasteiger partial charge in [0, 0.05) is 11.9 Å². The van der Waals surface area contributed by atoms with E-state index in [0.717, 1.165) is 24.8 Å². The molecule has 0 amide bonds. The molecule has 1 nitrogen and oxygen atoms in total. The van der Waals surface area contributed by atoms with Crippen molar-refractivity contribution in [1.82, 2.24) is 5.32 Å². The van der Waals surface area contributed by atoms with Crippen LogP contribution < -0.4 is 5.32 Å². The predicted octanol–water partition coefficient (Wildman–Crippen LogP) is 2.94. The molecule has 0 aromatic heterocycles. The monoisotopic (exact) mass is 277 g/mol. The summed E-state index contributed by atoms with van der Waals surface area (Å²) >= 11 is 3.39. The summed E-state index contributed by atoms with van der Waals surface area (Å²) in [4.78, 5) is 0. The molecular formula is C11H17BrClN. The lowest BCUT2D eigenvalue weighted by atomic mass is 10.1. The second kappa shape index (κ2) is 8.27. The van der Waals surface area contributed by atoms with Gasteiger partial charge in [-0.25, -0.2) is 0 Å². The van der Waals surface area contributed by atoms with Gasteiger partial charge < -0.3 is 5.32 Å². The molecule has 0 heterocycles. The maximum atomic E-state index is 3.39. The van der Waals surface area contributed by atoms with Gasteiger partial charge in [0.05, 0.1) is 0 Å². The summed E-state index contributed by atoms with van der Waals surface area (Å²) in [5.41, 5.74) is 2.84. The largest absolute Gasteiger partial charge is 0.316 e. The Morgan fingerprint density at radius 1 is 1.21 bits per heavy atom. The van der Waals surface area contributed by atoms with E-state index in [1.165, 1.54) is 11.1 Å². The van der Waals surface area contributed by atoms with E-state index in [1.54, 1.807) is 0 Å². The molecule has 1 N–H and O–H groups in total. The molecule has 0 aliphatic rings. The summed E-state index contributed by atoms with van der Waals surface area (Å²) in [6.07, 6.45) is 1.12. The van der Waals surface area contributed by atoms with Crippen molar-refractivity contribution < 1.29 is 0 Å². The number of benzene rings is 1. The van der Waals surface area contributed by atoms with E-state index in [9.17, 15) is 0 Å². The Morgan fingerprint density at radius 3 is 2.57 bits per heavy atom. The third kappa shape index (κ3) is 4.99. The van der Waals surface area contributed by atoms with Crippen molar-refractivity contribution >= 4 is 28.3 Å². The van der Waals surface area contributed by atoms with E-state index in [-0.39, 0.29) is 12.4 Å². The third-order valence-corrected chi connectivity index (χ3v) is 2.50. The molecule has 0 fully saturated rings. The Hall–Kier alpha value is -0.0500. The molecule has 1 aromatic rings. The van der Waals surface area contributed by atoms with Crippen molar-refractivity contribution in [2.45, 2.75) is 13.3 Å². The Kier molecular flexibility index (Phi) is 8.24. The maximum Gasteiger partial charge on any atom is 0.0157 e. The maximum absolute atomic E-state index is 3.39. The van der Waals surface area contributed by atoms with Crippen molar-refractivity contribution in [3.8, 4) is 0 Å². The van der Waals surface area contributed by atoms with Crippen LogP contribution in [0.5, 0.6) is 0 Å². The van der Waals surface area contributed by atoms with Gasteiger partial charge in [0.1, 0.15) is 0 Å². The summed E-state index contributed by atoms with van der Waals surface area (Å²) in [5, 5.41) is 4.39. The first-order chi connectivity index (χ1) is 6.34. The fourth-order valence-corrected chi connectivity index (χ4v) is 1.59. The van der Waals surface area contributed by atoms with Crippen molar-refractivity contribution in [3.05, 3.63) is 35.4 Å². The average Bonchev–Trinajstić information content (AvgIpc) is 2.15. The molecule has 0 atom stereocenters. The van der Waals surface area contributed by atoms with E-state index < -0.39 is 0 Å². The molecule has 0 radical (unpaired) electrons. The zero-order valence-corrected chi connectivity index (χ0v) is 10.8. The van der Waals surface area contributed by atoms with Crippen LogP contribution in [0, 0.1) is 6.92 Å². The highest BCUT2D eigenvalue weighted by molar-refractivity contribution is 9.09. The molecule has 0 aliphatic heterocycles. The molecule has 14 heavy (non-hydrogen) atoms. The number of aryl methyl sites for hydroxylation is 1. The van der Waals surface area contributed by atoms with Gasteiger partial charge >= 0.3 is 0 Å². The van der Waals surface area contributed by atoms with Crippen molar-refractivity contribution in [1.29, 1.82) is 0 Å². The minimum absolute atomic E-state index is 0. The van der Waals surface area contributed by atoms with E-state index in [0.29, 0.717) is 0 Å². The van der Waals surface area contributed by atoms with Crippen LogP contribution in [-0.2, 0) is 6.42 Å². The standard InChI is InChI=1S/C11H16BrN.ClH/c1-10-4-2-3-5-11(10)6-8-13-9-7-12;/h2-5,13H,6-9H2,1H3;1H. The van der Waals surface area contributed by atoms with Crippen molar-refractivity contribution in [2.24, 2.45) is 0 Å². The van der Waals surface area contributed by atoms with Gasteiger partial charge in [-0.2, -0.15) is 0 Å². The fourth-order valence-electron chi connectivity index (χ4n) is 1.31. The first-order valence-corrected chi connectivity index (χ1v) is 5.78. The Bertz CT molecular complexity index is 253. The van der Waals surface area contributed by atoms with Crippen LogP contribution in [0.3, 0.4) is 0 Å². The van der Waals surface area contributed by atoms with Crippen LogP contribution in [0.15, 0.2) is 24.3 Å². The molecule has 80 valence electrons. The van der Waals surface area contributed by atoms with E-state index >= 15 is 0 Å². The average molecular weight is 279 g/mol. The fraction of sp³-hybridized carbons (Fsp3) is 0.455. The number of nitrogens with one attached hydrogen (secondary N) is 1. The smallest absolute Gasteiger partial charge is 0.0157 e. The number of halogens is 2. The molecular weight excluding hydrogens is 261 g/mol. The summed E-state index contributed by atoms with van der Waals surface area (Å²) in [5.74, 6) is 0. The van der Waals surface area contributed by atoms with Gasteiger partial charge in [-0.05, 0) is 31.0 Å². The van der Waals surface area contributed by atoms with Crippen LogP contribution in [0.4, 0.5) is 0 Å². The Labute approximate surface area is 101 Å². The van der Waals surface area contributed by atoms with E-state index in [1.807, 2.05) is 0 Å². The van der Waals surface area contributed by atoms with E-state index in [2.05, 4.69) is 52.4 Å². The lowest BCUT2D eigenvalue weighted by Gasteiger charge is -2.05. The number of hydrogen-bond acceptors (Lipinski definition) is 1. The van der Waals surface area contributed by atoms with Gasteiger partial charge in [0.2, 0.25) is 0 Å². The van der Waals surface area contributed by atoms with Crippen LogP contribution in [-0.4, -0.2) is 18.4 Å². The normalized spacial score (nSPS) is 9.57. The SMILES string of the molecule is Cc1ccccc1CCNCCBr.Cl. The first kappa shape index (κ1) is 13.9. The van der Waals surface area contributed by atoms with Crippen molar-refractivity contribution in [3.63, 3.8) is 0 Å². The highest BCUT2D eigenvalue weighted by atomic mass is 79.9. The van der Waals surface area contributed by atoms with Gasteiger partial charge in [-0.3, -0.25) is 0 Å². The van der Waals surface area contributed by atoms with Crippen LogP contribution in [0.25, 0.3) is 0 Å². The molecule has 0 saturated heterocycles. The molecule has 1 rings (SSSR count). The lowest BCUT2D eigenvalue weighted by Crippen LogP contribution is -2.19. The van der Waals surface area contributed by atoms with Crippen LogP contribution in [0.2, 0.25) is 0 Å². The zero-order chi connectivity index (χ0) is 9.52. The number of hydrogen-bond donors (Lipinski definition) is 1. The quantitative estimate of drug-likeness (QED) is 0.645. The highest BCUT2D eigenvalue weighted by Crippen LogP contribution is 2.06. The minimum atomic E-state index is 0. The second-order valence-electron chi connectivity index (χ2n) is 3.12. The van der Waals surface area contributed by atoms with E-state index in [4.69, 9.17) is 0 Å². The summed E-state index contributed by atoms with van der Waals surface area (Å²) < 4.78 is 0. The van der Waals surface area contributed by atoms with Gasteiger partial charge in [-0.15, -0.1) is 12.4 Å². The second-order valence-corrected chi connectivity index (χ2v) is 3.91. The number of alkyl halides is 1. The topological polar surface area (TPSA) is 12.0 Å². The molecule has 0 aliphatic carbocycles. The van der Waals surface area contributed by atoms with Gasteiger partial charge in [0.25, 0.3) is 0 Å². The summed E-state index contributed by atoms with van der Waals surface area (Å²) in [7, 11) is 0. The van der Waals surface area contributed by atoms with Crippen molar-refractivity contribution in [2.75, 3.05) is 18.4 Å². The first-order valence-electron chi connectivity index (χ1n) is 4.66. The minimum Gasteiger partial charge on any atom is -0.316 e. The summed E-state index contributed by atoms with van der Waals surface area (Å²) in [6.45, 7) is 4.28. The molecule has 0 unspecified atom stereocenters. The molecule has 0 bridgehead atoms. The zero-order valence-electron chi connectivity index (χ0n) is 8.42.